The lowest BCUT2D eigenvalue weighted by atomic mass is 10.2. The topological polar surface area (TPSA) is 34.1 Å². The number of pyridine rings is 1. The zero-order chi connectivity index (χ0) is 13.6. The SMILES string of the molecule is FC(F)COCCNc1ncccc1C(F)(F)F. The lowest BCUT2D eigenvalue weighted by Crippen LogP contribution is -2.17. The molecule has 0 aliphatic carbocycles. The third-order valence-corrected chi connectivity index (χ3v) is 1.90. The van der Waals surface area contributed by atoms with Crippen LogP contribution in [0.2, 0.25) is 0 Å². The van der Waals surface area contributed by atoms with Crippen LogP contribution in [0, 0.1) is 0 Å². The number of hydrogen-bond acceptors (Lipinski definition) is 3. The Morgan fingerprint density at radius 1 is 1.33 bits per heavy atom. The van der Waals surface area contributed by atoms with E-state index >= 15 is 0 Å². The zero-order valence-corrected chi connectivity index (χ0v) is 9.18. The van der Waals surface area contributed by atoms with E-state index in [0.717, 1.165) is 6.07 Å². The minimum absolute atomic E-state index is 0.0349. The van der Waals surface area contributed by atoms with E-state index in [4.69, 9.17) is 0 Å². The molecule has 1 rings (SSSR count). The van der Waals surface area contributed by atoms with Gasteiger partial charge in [-0.1, -0.05) is 0 Å². The Hall–Kier alpha value is -1.44. The summed E-state index contributed by atoms with van der Waals surface area (Å²) in [4.78, 5) is 3.54. The fourth-order valence-electron chi connectivity index (χ4n) is 1.19. The smallest absolute Gasteiger partial charge is 0.374 e. The average molecular weight is 270 g/mol. The molecule has 1 aromatic heterocycles. The van der Waals surface area contributed by atoms with Gasteiger partial charge in [0.15, 0.2) is 0 Å². The van der Waals surface area contributed by atoms with Crippen molar-refractivity contribution in [2.45, 2.75) is 12.6 Å². The first-order chi connectivity index (χ1) is 8.41. The van der Waals surface area contributed by atoms with Gasteiger partial charge >= 0.3 is 6.18 Å². The summed E-state index contributed by atoms with van der Waals surface area (Å²) < 4.78 is 65.5. The fourth-order valence-corrected chi connectivity index (χ4v) is 1.19. The molecule has 0 atom stereocenters. The molecule has 0 aliphatic heterocycles. The van der Waals surface area contributed by atoms with Gasteiger partial charge in [0, 0.05) is 12.7 Å². The number of anilines is 1. The second kappa shape index (κ2) is 6.48. The molecule has 0 bridgehead atoms. The van der Waals surface area contributed by atoms with Gasteiger partial charge in [-0.3, -0.25) is 0 Å². The summed E-state index contributed by atoms with van der Waals surface area (Å²) in [7, 11) is 0. The van der Waals surface area contributed by atoms with E-state index in [-0.39, 0.29) is 19.0 Å². The summed E-state index contributed by atoms with van der Waals surface area (Å²) in [5, 5.41) is 2.39. The molecule has 0 spiro atoms. The molecule has 0 unspecified atom stereocenters. The van der Waals surface area contributed by atoms with Gasteiger partial charge in [-0.2, -0.15) is 13.2 Å². The predicted octanol–water partition coefficient (Wildman–Crippen LogP) is 2.79. The van der Waals surface area contributed by atoms with Crippen LogP contribution in [0.5, 0.6) is 0 Å². The first-order valence-corrected chi connectivity index (χ1v) is 5.03. The maximum absolute atomic E-state index is 12.5. The molecule has 0 aliphatic rings. The van der Waals surface area contributed by atoms with Crippen molar-refractivity contribution in [1.29, 1.82) is 0 Å². The molecule has 0 aromatic carbocycles. The molecule has 0 radical (unpaired) electrons. The Balaban J connectivity index is 2.47. The van der Waals surface area contributed by atoms with Crippen molar-refractivity contribution in [3.05, 3.63) is 23.9 Å². The van der Waals surface area contributed by atoms with Crippen LogP contribution in [-0.2, 0) is 10.9 Å². The van der Waals surface area contributed by atoms with E-state index < -0.39 is 24.8 Å². The third-order valence-electron chi connectivity index (χ3n) is 1.90. The number of rotatable bonds is 6. The molecule has 18 heavy (non-hydrogen) atoms. The molecular formula is C10H11F5N2O. The van der Waals surface area contributed by atoms with Gasteiger partial charge in [0.1, 0.15) is 12.4 Å². The quantitative estimate of drug-likeness (QED) is 0.637. The zero-order valence-electron chi connectivity index (χ0n) is 9.18. The summed E-state index contributed by atoms with van der Waals surface area (Å²) in [5.74, 6) is -0.342. The van der Waals surface area contributed by atoms with Gasteiger partial charge in [0.25, 0.3) is 6.43 Å². The molecule has 1 aromatic rings. The molecule has 0 saturated heterocycles. The van der Waals surface area contributed by atoms with Crippen LogP contribution in [0.3, 0.4) is 0 Å². The molecule has 0 amide bonds. The largest absolute Gasteiger partial charge is 0.419 e. The van der Waals surface area contributed by atoms with E-state index in [1.165, 1.54) is 12.3 Å². The molecular weight excluding hydrogens is 259 g/mol. The first kappa shape index (κ1) is 14.6. The van der Waals surface area contributed by atoms with E-state index in [1.807, 2.05) is 0 Å². The molecule has 0 saturated carbocycles. The predicted molar refractivity (Wildman–Crippen MR) is 54.6 cm³/mol. The lowest BCUT2D eigenvalue weighted by Gasteiger charge is -2.13. The van der Waals surface area contributed by atoms with Crippen LogP contribution in [-0.4, -0.2) is 31.2 Å². The highest BCUT2D eigenvalue weighted by Crippen LogP contribution is 2.33. The van der Waals surface area contributed by atoms with E-state index in [0.29, 0.717) is 0 Å². The van der Waals surface area contributed by atoms with E-state index in [2.05, 4.69) is 15.0 Å². The maximum atomic E-state index is 12.5. The summed E-state index contributed by atoms with van der Waals surface area (Å²) >= 11 is 0. The average Bonchev–Trinajstić information content (AvgIpc) is 2.27. The minimum atomic E-state index is -4.51. The molecule has 0 fully saturated rings. The summed E-state index contributed by atoms with van der Waals surface area (Å²) in [6.45, 7) is -0.902. The maximum Gasteiger partial charge on any atom is 0.419 e. The van der Waals surface area contributed by atoms with Crippen molar-refractivity contribution < 1.29 is 26.7 Å². The van der Waals surface area contributed by atoms with Crippen molar-refractivity contribution in [2.24, 2.45) is 0 Å². The van der Waals surface area contributed by atoms with Gasteiger partial charge in [0.2, 0.25) is 0 Å². The highest BCUT2D eigenvalue weighted by atomic mass is 19.4. The normalized spacial score (nSPS) is 11.9. The van der Waals surface area contributed by atoms with Gasteiger partial charge in [0.05, 0.1) is 12.2 Å². The lowest BCUT2D eigenvalue weighted by molar-refractivity contribution is -0.137. The Labute approximate surface area is 100.0 Å². The Kier molecular flexibility index (Phi) is 5.26. The van der Waals surface area contributed by atoms with Crippen molar-refractivity contribution in [3.8, 4) is 0 Å². The summed E-state index contributed by atoms with van der Waals surface area (Å²) in [6.07, 6.45) is -5.90. The Bertz CT molecular complexity index is 370. The number of aromatic nitrogens is 1. The molecule has 1 N–H and O–H groups in total. The van der Waals surface area contributed by atoms with Gasteiger partial charge < -0.3 is 10.1 Å². The van der Waals surface area contributed by atoms with Crippen LogP contribution in [0.15, 0.2) is 18.3 Å². The van der Waals surface area contributed by atoms with Crippen molar-refractivity contribution >= 4 is 5.82 Å². The van der Waals surface area contributed by atoms with E-state index in [1.54, 1.807) is 0 Å². The van der Waals surface area contributed by atoms with Crippen LogP contribution < -0.4 is 5.32 Å². The van der Waals surface area contributed by atoms with Crippen LogP contribution in [0.25, 0.3) is 0 Å². The number of hydrogen-bond donors (Lipinski definition) is 1. The first-order valence-electron chi connectivity index (χ1n) is 5.03. The van der Waals surface area contributed by atoms with Crippen molar-refractivity contribution in [3.63, 3.8) is 0 Å². The Morgan fingerprint density at radius 3 is 2.67 bits per heavy atom. The summed E-state index contributed by atoms with van der Waals surface area (Å²) in [6, 6.07) is 2.05. The van der Waals surface area contributed by atoms with Crippen LogP contribution in [0.1, 0.15) is 5.56 Å². The standard InChI is InChI=1S/C10H11F5N2O/c11-8(12)6-18-5-4-17-9-7(10(13,14)15)2-1-3-16-9/h1-3,8H,4-6H2,(H,16,17). The second-order valence-corrected chi connectivity index (χ2v) is 3.29. The third kappa shape index (κ3) is 4.82. The van der Waals surface area contributed by atoms with Crippen LogP contribution >= 0.6 is 0 Å². The van der Waals surface area contributed by atoms with E-state index in [9.17, 15) is 22.0 Å². The molecule has 1 heterocycles. The summed E-state index contributed by atoms with van der Waals surface area (Å²) in [5.41, 5.74) is -0.904. The number of halogens is 5. The fraction of sp³-hybridized carbons (Fsp3) is 0.500. The number of nitrogens with zero attached hydrogens (tertiary/aromatic N) is 1. The molecule has 102 valence electrons. The number of alkyl halides is 5. The molecule has 3 nitrogen and oxygen atoms in total. The van der Waals surface area contributed by atoms with Gasteiger partial charge in [-0.15, -0.1) is 0 Å². The highest BCUT2D eigenvalue weighted by Gasteiger charge is 2.33. The monoisotopic (exact) mass is 270 g/mol. The van der Waals surface area contributed by atoms with Crippen molar-refractivity contribution in [2.75, 3.05) is 25.1 Å². The number of nitrogens with one attached hydrogen (secondary N) is 1. The highest BCUT2D eigenvalue weighted by molar-refractivity contribution is 5.45. The van der Waals surface area contributed by atoms with Crippen molar-refractivity contribution in [1.82, 2.24) is 4.98 Å². The molecule has 8 heteroatoms. The Morgan fingerprint density at radius 2 is 2.06 bits per heavy atom. The van der Waals surface area contributed by atoms with Crippen LogP contribution in [0.4, 0.5) is 27.8 Å². The second-order valence-electron chi connectivity index (χ2n) is 3.29. The minimum Gasteiger partial charge on any atom is -0.374 e. The number of ether oxygens (including phenoxy) is 1. The van der Waals surface area contributed by atoms with Gasteiger partial charge in [-0.25, -0.2) is 13.8 Å². The van der Waals surface area contributed by atoms with Gasteiger partial charge in [-0.05, 0) is 12.1 Å².